The Morgan fingerprint density at radius 2 is 1.33 bits per heavy atom. The Bertz CT molecular complexity index is 421. The van der Waals surface area contributed by atoms with Crippen molar-refractivity contribution in [1.82, 2.24) is 10.2 Å². The molecule has 0 spiro atoms. The fraction of sp³-hybridized carbons (Fsp3) is 0.880. The van der Waals surface area contributed by atoms with E-state index < -0.39 is 5.41 Å². The molecule has 5 heteroatoms. The highest BCUT2D eigenvalue weighted by Gasteiger charge is 2.30. The quantitative estimate of drug-likeness (QED) is 0.184. The van der Waals surface area contributed by atoms with Gasteiger partial charge in [-0.1, -0.05) is 70.4 Å². The molecule has 1 amide bonds. The van der Waals surface area contributed by atoms with Crippen LogP contribution in [0.5, 0.6) is 0 Å². The van der Waals surface area contributed by atoms with E-state index >= 15 is 0 Å². The first kappa shape index (κ1) is 29.1. The van der Waals surface area contributed by atoms with Crippen molar-refractivity contribution in [3.63, 3.8) is 0 Å². The number of allylic oxidation sites excluding steroid dienone is 2. The predicted octanol–water partition coefficient (Wildman–Crippen LogP) is 4.67. The van der Waals surface area contributed by atoms with Gasteiger partial charge in [0.25, 0.3) is 0 Å². The topological polar surface area (TPSA) is 72.8 Å². The zero-order valence-electron chi connectivity index (χ0n) is 20.1. The molecule has 0 radical (unpaired) electrons. The van der Waals surface area contributed by atoms with Crippen molar-refractivity contribution in [2.45, 2.75) is 96.8 Å². The Kier molecular flexibility index (Phi) is 19.4. The van der Waals surface area contributed by atoms with Crippen LogP contribution in [0.15, 0.2) is 12.2 Å². The van der Waals surface area contributed by atoms with Gasteiger partial charge in [-0.15, -0.1) is 0 Å². The third kappa shape index (κ3) is 16.8. The fourth-order valence-corrected chi connectivity index (χ4v) is 3.72. The highest BCUT2D eigenvalue weighted by atomic mass is 16.3. The van der Waals surface area contributed by atoms with Crippen LogP contribution in [0.25, 0.3) is 0 Å². The smallest absolute Gasteiger partial charge is 0.220 e. The predicted molar refractivity (Wildman–Crippen MR) is 128 cm³/mol. The lowest BCUT2D eigenvalue weighted by atomic mass is 9.89. The zero-order chi connectivity index (χ0) is 22.5. The van der Waals surface area contributed by atoms with Crippen molar-refractivity contribution in [2.24, 2.45) is 5.41 Å². The molecular weight excluding hydrogens is 376 g/mol. The van der Waals surface area contributed by atoms with Gasteiger partial charge >= 0.3 is 0 Å². The SMILES string of the molecule is CCCCCCCC/C=C\CCCCCCCC(=O)NCC(CO)(CO)CN(C)C. The number of nitrogens with one attached hydrogen (secondary N) is 1. The second-order valence-corrected chi connectivity index (χ2v) is 9.17. The van der Waals surface area contributed by atoms with E-state index in [2.05, 4.69) is 24.4 Å². The van der Waals surface area contributed by atoms with Gasteiger partial charge in [0.1, 0.15) is 0 Å². The summed E-state index contributed by atoms with van der Waals surface area (Å²) in [6, 6.07) is 0. The molecule has 0 aliphatic heterocycles. The summed E-state index contributed by atoms with van der Waals surface area (Å²) in [5.41, 5.74) is -0.679. The number of aliphatic hydroxyl groups excluding tert-OH is 2. The van der Waals surface area contributed by atoms with Crippen molar-refractivity contribution < 1.29 is 15.0 Å². The molecule has 0 bridgehead atoms. The molecule has 0 rings (SSSR count). The summed E-state index contributed by atoms with van der Waals surface area (Å²) >= 11 is 0. The van der Waals surface area contributed by atoms with E-state index in [1.165, 1.54) is 70.6 Å². The first-order valence-electron chi connectivity index (χ1n) is 12.3. The Hall–Kier alpha value is -0.910. The van der Waals surface area contributed by atoms with Gasteiger partial charge in [-0.2, -0.15) is 0 Å². The van der Waals surface area contributed by atoms with Crippen molar-refractivity contribution >= 4 is 5.91 Å². The van der Waals surface area contributed by atoms with E-state index in [0.29, 0.717) is 19.5 Å². The largest absolute Gasteiger partial charge is 0.396 e. The summed E-state index contributed by atoms with van der Waals surface area (Å²) in [4.78, 5) is 14.0. The first-order chi connectivity index (χ1) is 14.5. The average Bonchev–Trinajstić information content (AvgIpc) is 2.73. The maximum Gasteiger partial charge on any atom is 0.220 e. The Labute approximate surface area is 186 Å². The number of rotatable bonds is 21. The van der Waals surface area contributed by atoms with Gasteiger partial charge in [0, 0.05) is 24.9 Å². The minimum atomic E-state index is -0.679. The van der Waals surface area contributed by atoms with Gasteiger partial charge in [-0.3, -0.25) is 4.79 Å². The van der Waals surface area contributed by atoms with Crippen LogP contribution >= 0.6 is 0 Å². The molecule has 0 aromatic carbocycles. The van der Waals surface area contributed by atoms with Crippen LogP contribution in [0.2, 0.25) is 0 Å². The molecule has 0 unspecified atom stereocenters. The standard InChI is InChI=1S/C25H50N2O3/c1-4-5-6-7-8-9-10-11-12-13-14-15-16-17-18-19-24(30)26-20-25(22-28,23-29)21-27(2)3/h11-12,28-29H,4-10,13-23H2,1-3H3,(H,26,30)/b12-11-. The maximum atomic E-state index is 12.0. The number of hydrogen-bond acceptors (Lipinski definition) is 4. The van der Waals surface area contributed by atoms with Crippen molar-refractivity contribution in [3.8, 4) is 0 Å². The van der Waals surface area contributed by atoms with Crippen LogP contribution < -0.4 is 5.32 Å². The third-order valence-electron chi connectivity index (χ3n) is 5.65. The van der Waals surface area contributed by atoms with Gasteiger partial charge < -0.3 is 20.4 Å². The molecule has 0 aliphatic rings. The molecule has 0 aromatic rings. The minimum Gasteiger partial charge on any atom is -0.396 e. The van der Waals surface area contributed by atoms with Gasteiger partial charge in [0.2, 0.25) is 5.91 Å². The Morgan fingerprint density at radius 1 is 0.833 bits per heavy atom. The van der Waals surface area contributed by atoms with Gasteiger partial charge in [-0.25, -0.2) is 0 Å². The van der Waals surface area contributed by atoms with Crippen LogP contribution in [0.1, 0.15) is 96.8 Å². The Morgan fingerprint density at radius 3 is 1.83 bits per heavy atom. The molecule has 5 nitrogen and oxygen atoms in total. The Balaban J connectivity index is 3.59. The normalized spacial score (nSPS) is 12.2. The summed E-state index contributed by atoms with van der Waals surface area (Å²) in [7, 11) is 3.79. The van der Waals surface area contributed by atoms with Gasteiger partial charge in [0.15, 0.2) is 0 Å². The third-order valence-corrected chi connectivity index (χ3v) is 5.65. The lowest BCUT2D eigenvalue weighted by Crippen LogP contribution is -2.48. The number of aliphatic hydroxyl groups is 2. The molecule has 0 saturated heterocycles. The summed E-state index contributed by atoms with van der Waals surface area (Å²) in [5.74, 6) is 0.0117. The van der Waals surface area contributed by atoms with E-state index in [4.69, 9.17) is 0 Å². The summed E-state index contributed by atoms with van der Waals surface area (Å²) in [6.07, 6.45) is 21.4. The number of hydrogen-bond donors (Lipinski definition) is 3. The second kappa shape index (κ2) is 20.0. The second-order valence-electron chi connectivity index (χ2n) is 9.17. The fourth-order valence-electron chi connectivity index (χ4n) is 3.72. The number of unbranched alkanes of at least 4 members (excludes halogenated alkanes) is 11. The number of carbonyl (C=O) groups excluding carboxylic acids is 1. The van der Waals surface area contributed by atoms with Crippen molar-refractivity contribution in [3.05, 3.63) is 12.2 Å². The van der Waals surface area contributed by atoms with Crippen LogP contribution in [0, 0.1) is 5.41 Å². The van der Waals surface area contributed by atoms with Gasteiger partial charge in [0.05, 0.1) is 13.2 Å². The summed E-state index contributed by atoms with van der Waals surface area (Å²) in [5, 5.41) is 22.1. The maximum absolute atomic E-state index is 12.0. The molecule has 3 N–H and O–H groups in total. The highest BCUT2D eigenvalue weighted by molar-refractivity contribution is 5.75. The van der Waals surface area contributed by atoms with E-state index in [1.807, 2.05) is 19.0 Å². The van der Waals surface area contributed by atoms with Crippen molar-refractivity contribution in [2.75, 3.05) is 40.4 Å². The molecule has 0 fully saturated rings. The van der Waals surface area contributed by atoms with Gasteiger partial charge in [-0.05, 0) is 46.2 Å². The van der Waals surface area contributed by atoms with Crippen molar-refractivity contribution in [1.29, 1.82) is 0 Å². The zero-order valence-corrected chi connectivity index (χ0v) is 20.1. The van der Waals surface area contributed by atoms with Crippen LogP contribution in [0.3, 0.4) is 0 Å². The molecule has 178 valence electrons. The van der Waals surface area contributed by atoms with E-state index in [-0.39, 0.29) is 19.1 Å². The lowest BCUT2D eigenvalue weighted by Gasteiger charge is -2.32. The summed E-state index contributed by atoms with van der Waals surface area (Å²) < 4.78 is 0. The molecule has 30 heavy (non-hydrogen) atoms. The first-order valence-corrected chi connectivity index (χ1v) is 12.3. The van der Waals surface area contributed by atoms with E-state index in [0.717, 1.165) is 12.8 Å². The van der Waals surface area contributed by atoms with Crippen LogP contribution in [-0.2, 0) is 4.79 Å². The molecule has 0 aliphatic carbocycles. The monoisotopic (exact) mass is 426 g/mol. The average molecular weight is 427 g/mol. The van der Waals surface area contributed by atoms with E-state index in [9.17, 15) is 15.0 Å². The molecule has 0 atom stereocenters. The number of carbonyl (C=O) groups is 1. The van der Waals surface area contributed by atoms with Crippen LogP contribution in [0.4, 0.5) is 0 Å². The number of nitrogens with zero attached hydrogens (tertiary/aromatic N) is 1. The number of amides is 1. The minimum absolute atomic E-state index is 0.0117. The highest BCUT2D eigenvalue weighted by Crippen LogP contribution is 2.16. The molecular formula is C25H50N2O3. The lowest BCUT2D eigenvalue weighted by molar-refractivity contribution is -0.122. The van der Waals surface area contributed by atoms with E-state index in [1.54, 1.807) is 0 Å². The molecule has 0 heterocycles. The molecule has 0 aromatic heterocycles. The molecule has 0 saturated carbocycles. The van der Waals surface area contributed by atoms with Crippen LogP contribution in [-0.4, -0.2) is 61.4 Å². The summed E-state index contributed by atoms with van der Waals surface area (Å²) in [6.45, 7) is 2.82.